The molecule has 0 amide bonds. The molecule has 27 heavy (non-hydrogen) atoms. The van der Waals surface area contributed by atoms with E-state index in [0.29, 0.717) is 30.2 Å². The summed E-state index contributed by atoms with van der Waals surface area (Å²) < 4.78 is 7.05. The average Bonchev–Trinajstić information content (AvgIpc) is 3.23. The highest BCUT2D eigenvalue weighted by Gasteiger charge is 2.42. The third kappa shape index (κ3) is 3.22. The fourth-order valence-electron chi connectivity index (χ4n) is 3.96. The van der Waals surface area contributed by atoms with Gasteiger partial charge < -0.3 is 25.3 Å². The highest BCUT2D eigenvalue weighted by Crippen LogP contribution is 2.39. The number of fused-ring (bicyclic) bond motifs is 1. The van der Waals surface area contributed by atoms with E-state index in [1.807, 2.05) is 29.0 Å². The number of aryl methyl sites for hydroxylation is 1. The Labute approximate surface area is 156 Å². The monoisotopic (exact) mass is 369 g/mol. The van der Waals surface area contributed by atoms with Crippen molar-refractivity contribution >= 4 is 16.9 Å². The number of aliphatic hydroxyl groups excluding tert-OH is 2. The van der Waals surface area contributed by atoms with Crippen LogP contribution in [-0.4, -0.2) is 49.0 Å². The molecule has 8 nitrogen and oxygen atoms in total. The molecule has 0 spiro atoms. The number of nitrogens with zero attached hydrogens (tertiary/aromatic N) is 4. The Hall–Kier alpha value is -2.71. The van der Waals surface area contributed by atoms with Gasteiger partial charge in [0.2, 0.25) is 5.88 Å². The third-order valence-electron chi connectivity index (χ3n) is 5.43. The first-order valence-corrected chi connectivity index (χ1v) is 9.01. The summed E-state index contributed by atoms with van der Waals surface area (Å²) in [4.78, 5) is 12.7. The first-order valence-electron chi connectivity index (χ1n) is 9.01. The maximum atomic E-state index is 10.6. The lowest BCUT2D eigenvalue weighted by Crippen LogP contribution is -2.29. The van der Waals surface area contributed by atoms with Gasteiger partial charge in [0.1, 0.15) is 23.9 Å². The Morgan fingerprint density at radius 3 is 2.89 bits per heavy atom. The molecule has 3 aromatic heterocycles. The molecular weight excluding hydrogens is 346 g/mol. The lowest BCUT2D eigenvalue weighted by atomic mass is 9.98. The Kier molecular flexibility index (Phi) is 4.67. The van der Waals surface area contributed by atoms with Gasteiger partial charge in [-0.05, 0) is 37.3 Å². The minimum atomic E-state index is -0.861. The van der Waals surface area contributed by atoms with Gasteiger partial charge >= 0.3 is 0 Å². The second-order valence-electron chi connectivity index (χ2n) is 6.97. The van der Waals surface area contributed by atoms with Gasteiger partial charge in [-0.15, -0.1) is 0 Å². The molecule has 0 aromatic carbocycles. The molecule has 1 aliphatic carbocycles. The predicted octanol–water partition coefficient (Wildman–Crippen LogP) is 1.33. The van der Waals surface area contributed by atoms with Crippen molar-refractivity contribution in [3.63, 3.8) is 0 Å². The smallest absolute Gasteiger partial charge is 0.213 e. The van der Waals surface area contributed by atoms with E-state index in [0.717, 1.165) is 17.5 Å². The van der Waals surface area contributed by atoms with Gasteiger partial charge in [-0.25, -0.2) is 15.0 Å². The van der Waals surface area contributed by atoms with Crippen LogP contribution < -0.4 is 10.5 Å². The quantitative estimate of drug-likeness (QED) is 0.621. The number of nitrogen functional groups attached to an aromatic ring is 1. The average molecular weight is 369 g/mol. The van der Waals surface area contributed by atoms with E-state index in [1.54, 1.807) is 13.2 Å². The number of rotatable bonds is 5. The van der Waals surface area contributed by atoms with E-state index in [2.05, 4.69) is 15.0 Å². The maximum Gasteiger partial charge on any atom is 0.213 e. The lowest BCUT2D eigenvalue weighted by molar-refractivity contribution is 0.00541. The van der Waals surface area contributed by atoms with Gasteiger partial charge in [-0.2, -0.15) is 0 Å². The molecule has 0 unspecified atom stereocenters. The molecule has 0 aliphatic heterocycles. The largest absolute Gasteiger partial charge is 0.481 e. The summed E-state index contributed by atoms with van der Waals surface area (Å²) in [7, 11) is 1.59. The first kappa shape index (κ1) is 17.7. The SMILES string of the molecule is COc1cccc(CC[C@H]2C[C@@H](n3ccc4c(N)ncnc43)[C@H](O)[C@@H]2O)n1. The van der Waals surface area contributed by atoms with Gasteiger partial charge in [-0.1, -0.05) is 6.07 Å². The van der Waals surface area contributed by atoms with Gasteiger partial charge in [0, 0.05) is 18.0 Å². The minimum absolute atomic E-state index is 0.0327. The van der Waals surface area contributed by atoms with Crippen LogP contribution in [0, 0.1) is 5.92 Å². The van der Waals surface area contributed by atoms with E-state index in [4.69, 9.17) is 10.5 Å². The Morgan fingerprint density at radius 2 is 2.07 bits per heavy atom. The van der Waals surface area contributed by atoms with Crippen LogP contribution in [0.1, 0.15) is 24.6 Å². The summed E-state index contributed by atoms with van der Waals surface area (Å²) in [6.07, 6.45) is 3.70. The van der Waals surface area contributed by atoms with Crippen LogP contribution in [-0.2, 0) is 6.42 Å². The van der Waals surface area contributed by atoms with Crippen molar-refractivity contribution in [2.75, 3.05) is 12.8 Å². The second-order valence-corrected chi connectivity index (χ2v) is 6.97. The molecular formula is C19H23N5O3. The summed E-state index contributed by atoms with van der Waals surface area (Å²) >= 11 is 0. The Morgan fingerprint density at radius 1 is 1.22 bits per heavy atom. The number of hydrogen-bond acceptors (Lipinski definition) is 7. The van der Waals surface area contributed by atoms with Crippen LogP contribution in [0.15, 0.2) is 36.8 Å². The Bertz CT molecular complexity index is 944. The summed E-state index contributed by atoms with van der Waals surface area (Å²) in [5.74, 6) is 0.954. The molecule has 3 aromatic rings. The van der Waals surface area contributed by atoms with Crippen molar-refractivity contribution in [3.8, 4) is 5.88 Å². The summed E-state index contributed by atoms with van der Waals surface area (Å²) in [6.45, 7) is 0. The van der Waals surface area contributed by atoms with Crippen LogP contribution in [0.2, 0.25) is 0 Å². The minimum Gasteiger partial charge on any atom is -0.481 e. The molecule has 1 saturated carbocycles. The van der Waals surface area contributed by atoms with Crippen LogP contribution in [0.4, 0.5) is 5.82 Å². The zero-order chi connectivity index (χ0) is 19.0. The molecule has 1 aliphatic rings. The third-order valence-corrected chi connectivity index (χ3v) is 5.43. The van der Waals surface area contributed by atoms with E-state index in [-0.39, 0.29) is 12.0 Å². The lowest BCUT2D eigenvalue weighted by Gasteiger charge is -2.19. The molecule has 4 atom stereocenters. The van der Waals surface area contributed by atoms with Crippen molar-refractivity contribution in [2.45, 2.75) is 37.5 Å². The highest BCUT2D eigenvalue weighted by molar-refractivity contribution is 5.86. The predicted molar refractivity (Wildman–Crippen MR) is 100 cm³/mol. The van der Waals surface area contributed by atoms with Gasteiger partial charge in [-0.3, -0.25) is 0 Å². The second kappa shape index (κ2) is 7.13. The number of nitrogens with two attached hydrogens (primary N) is 1. The van der Waals surface area contributed by atoms with Crippen LogP contribution in [0.3, 0.4) is 0 Å². The molecule has 3 heterocycles. The van der Waals surface area contributed by atoms with E-state index < -0.39 is 12.2 Å². The number of hydrogen-bond donors (Lipinski definition) is 3. The molecule has 0 radical (unpaired) electrons. The zero-order valence-electron chi connectivity index (χ0n) is 15.1. The summed E-state index contributed by atoms with van der Waals surface area (Å²) in [5, 5.41) is 21.9. The normalized spacial score (nSPS) is 25.1. The number of pyridine rings is 1. The van der Waals surface area contributed by atoms with Crippen molar-refractivity contribution in [2.24, 2.45) is 5.92 Å². The van der Waals surface area contributed by atoms with Crippen molar-refractivity contribution < 1.29 is 14.9 Å². The molecule has 4 rings (SSSR count). The molecule has 4 N–H and O–H groups in total. The molecule has 142 valence electrons. The van der Waals surface area contributed by atoms with E-state index >= 15 is 0 Å². The van der Waals surface area contributed by atoms with Gasteiger partial charge in [0.15, 0.2) is 0 Å². The molecule has 0 bridgehead atoms. The van der Waals surface area contributed by atoms with Crippen molar-refractivity contribution in [1.29, 1.82) is 0 Å². The zero-order valence-corrected chi connectivity index (χ0v) is 15.1. The summed E-state index contributed by atoms with van der Waals surface area (Å²) in [6, 6.07) is 7.24. The topological polar surface area (TPSA) is 119 Å². The summed E-state index contributed by atoms with van der Waals surface area (Å²) in [5.41, 5.74) is 7.48. The van der Waals surface area contributed by atoms with Crippen molar-refractivity contribution in [3.05, 3.63) is 42.5 Å². The fourth-order valence-corrected chi connectivity index (χ4v) is 3.96. The van der Waals surface area contributed by atoms with Crippen LogP contribution in [0.5, 0.6) is 5.88 Å². The number of ether oxygens (including phenoxy) is 1. The highest BCUT2D eigenvalue weighted by atomic mass is 16.5. The molecule has 1 fully saturated rings. The first-order chi connectivity index (χ1) is 13.1. The maximum absolute atomic E-state index is 10.6. The number of methoxy groups -OCH3 is 1. The molecule has 8 heteroatoms. The van der Waals surface area contributed by atoms with Crippen LogP contribution >= 0.6 is 0 Å². The van der Waals surface area contributed by atoms with Crippen molar-refractivity contribution in [1.82, 2.24) is 19.5 Å². The number of aliphatic hydroxyl groups is 2. The number of anilines is 1. The van der Waals surface area contributed by atoms with Gasteiger partial charge in [0.05, 0.1) is 24.6 Å². The molecule has 0 saturated heterocycles. The fraction of sp³-hybridized carbons (Fsp3) is 0.421. The standard InChI is InChI=1S/C19H23N5O3/c1-27-15-4-2-3-12(23-15)6-5-11-9-14(17(26)16(11)25)24-8-7-13-18(20)21-10-22-19(13)24/h2-4,7-8,10-11,14,16-17,25-26H,5-6,9H2,1H3,(H2,20,21,22)/t11-,14+,16+,17-/m0/s1. The Balaban J connectivity index is 1.51. The van der Waals surface area contributed by atoms with E-state index in [9.17, 15) is 10.2 Å². The van der Waals surface area contributed by atoms with E-state index in [1.165, 1.54) is 6.33 Å². The number of aromatic nitrogens is 4. The van der Waals surface area contributed by atoms with Gasteiger partial charge in [0.25, 0.3) is 0 Å². The van der Waals surface area contributed by atoms with Crippen LogP contribution in [0.25, 0.3) is 11.0 Å².